The van der Waals surface area contributed by atoms with Gasteiger partial charge in [0, 0.05) is 24.4 Å². The zero-order valence-corrected chi connectivity index (χ0v) is 11.8. The zero-order chi connectivity index (χ0) is 11.8. The van der Waals surface area contributed by atoms with Gasteiger partial charge in [0.25, 0.3) is 0 Å². The highest BCUT2D eigenvalue weighted by molar-refractivity contribution is 7.99. The number of likely N-dealkylation sites (N-methyl/N-ethyl adjacent to an activating group) is 1. The Morgan fingerprint density at radius 1 is 1.38 bits per heavy atom. The van der Waals surface area contributed by atoms with E-state index >= 15 is 0 Å². The van der Waals surface area contributed by atoms with Gasteiger partial charge in [0.2, 0.25) is 0 Å². The van der Waals surface area contributed by atoms with E-state index < -0.39 is 0 Å². The van der Waals surface area contributed by atoms with Gasteiger partial charge in [0.15, 0.2) is 0 Å². The Kier molecular flexibility index (Phi) is 3.58. The van der Waals surface area contributed by atoms with Crippen LogP contribution in [0.4, 0.5) is 0 Å². The molecule has 1 aliphatic heterocycles. The summed E-state index contributed by atoms with van der Waals surface area (Å²) in [6.45, 7) is 6.86. The molecule has 2 aliphatic rings. The molecule has 0 aromatic heterocycles. The van der Waals surface area contributed by atoms with Crippen molar-refractivity contribution in [3.05, 3.63) is 0 Å². The van der Waals surface area contributed by atoms with E-state index in [1.54, 1.807) is 0 Å². The van der Waals surface area contributed by atoms with Crippen LogP contribution in [0.15, 0.2) is 0 Å². The van der Waals surface area contributed by atoms with E-state index in [-0.39, 0.29) is 5.54 Å². The fraction of sp³-hybridized carbons (Fsp3) is 1.00. The van der Waals surface area contributed by atoms with Crippen LogP contribution in [0.5, 0.6) is 0 Å². The van der Waals surface area contributed by atoms with Crippen LogP contribution < -0.4 is 5.73 Å². The van der Waals surface area contributed by atoms with Gasteiger partial charge in [-0.15, -0.1) is 0 Å². The lowest BCUT2D eigenvalue weighted by molar-refractivity contribution is 0.0174. The number of nitrogens with two attached hydrogens (primary N) is 1. The summed E-state index contributed by atoms with van der Waals surface area (Å²) >= 11 is 2.08. The van der Waals surface area contributed by atoms with Crippen LogP contribution in [-0.2, 0) is 0 Å². The van der Waals surface area contributed by atoms with E-state index in [4.69, 9.17) is 5.73 Å². The molecule has 0 aromatic carbocycles. The van der Waals surface area contributed by atoms with Crippen LogP contribution in [0.1, 0.15) is 33.1 Å². The standard InChI is InChI=1S/C13H26N2S/c1-12(2)6-7-16-10-13(12,9-14)15(3)8-11-4-5-11/h11H,4-10,14H2,1-3H3. The van der Waals surface area contributed by atoms with Crippen molar-refractivity contribution in [3.63, 3.8) is 0 Å². The Morgan fingerprint density at radius 3 is 2.56 bits per heavy atom. The number of rotatable bonds is 4. The molecule has 1 atom stereocenters. The Hall–Kier alpha value is 0.270. The van der Waals surface area contributed by atoms with E-state index in [1.807, 2.05) is 0 Å². The molecule has 94 valence electrons. The van der Waals surface area contributed by atoms with Crippen molar-refractivity contribution in [3.8, 4) is 0 Å². The van der Waals surface area contributed by atoms with E-state index in [0.717, 1.165) is 12.5 Å². The molecule has 3 heteroatoms. The molecule has 1 saturated carbocycles. The summed E-state index contributed by atoms with van der Waals surface area (Å²) in [7, 11) is 2.29. The first kappa shape index (κ1) is 12.7. The first-order valence-corrected chi connectivity index (χ1v) is 7.66. The van der Waals surface area contributed by atoms with Crippen LogP contribution >= 0.6 is 11.8 Å². The first-order chi connectivity index (χ1) is 7.52. The molecule has 16 heavy (non-hydrogen) atoms. The number of hydrogen-bond donors (Lipinski definition) is 1. The van der Waals surface area contributed by atoms with Gasteiger partial charge >= 0.3 is 0 Å². The van der Waals surface area contributed by atoms with Crippen molar-refractivity contribution in [2.75, 3.05) is 31.6 Å². The summed E-state index contributed by atoms with van der Waals surface area (Å²) in [6, 6.07) is 0. The van der Waals surface area contributed by atoms with Crippen LogP contribution in [0.3, 0.4) is 0 Å². The molecule has 1 saturated heterocycles. The second-order valence-corrected chi connectivity index (χ2v) is 7.35. The highest BCUT2D eigenvalue weighted by Crippen LogP contribution is 2.46. The van der Waals surface area contributed by atoms with Gasteiger partial charge in [-0.2, -0.15) is 11.8 Å². The Balaban J connectivity index is 2.13. The smallest absolute Gasteiger partial charge is 0.0470 e. The van der Waals surface area contributed by atoms with E-state index in [1.165, 1.54) is 37.3 Å². The number of hydrogen-bond acceptors (Lipinski definition) is 3. The second kappa shape index (κ2) is 4.51. The normalized spacial score (nSPS) is 34.3. The molecule has 1 heterocycles. The van der Waals surface area contributed by atoms with Crippen LogP contribution in [-0.4, -0.2) is 42.1 Å². The maximum atomic E-state index is 6.16. The summed E-state index contributed by atoms with van der Waals surface area (Å²) in [5, 5.41) is 0. The molecule has 0 amide bonds. The fourth-order valence-corrected chi connectivity index (χ4v) is 4.84. The lowest BCUT2D eigenvalue weighted by Crippen LogP contribution is -2.65. The van der Waals surface area contributed by atoms with Crippen LogP contribution in [0, 0.1) is 11.3 Å². The van der Waals surface area contributed by atoms with E-state index in [0.29, 0.717) is 5.41 Å². The van der Waals surface area contributed by atoms with Gasteiger partial charge in [-0.25, -0.2) is 0 Å². The molecule has 0 aromatic rings. The van der Waals surface area contributed by atoms with Gasteiger partial charge in [-0.1, -0.05) is 13.8 Å². The molecule has 0 radical (unpaired) electrons. The second-order valence-electron chi connectivity index (χ2n) is 6.25. The SMILES string of the molecule is CN(CC1CC1)C1(CN)CSCCC1(C)C. The van der Waals surface area contributed by atoms with E-state index in [9.17, 15) is 0 Å². The van der Waals surface area contributed by atoms with E-state index in [2.05, 4.69) is 37.6 Å². The third-order valence-electron chi connectivity index (χ3n) is 4.77. The van der Waals surface area contributed by atoms with Crippen molar-refractivity contribution in [1.82, 2.24) is 4.90 Å². The third kappa shape index (κ3) is 2.14. The predicted octanol–water partition coefficient (Wildman–Crippen LogP) is 2.19. The zero-order valence-electron chi connectivity index (χ0n) is 11.0. The van der Waals surface area contributed by atoms with Crippen LogP contribution in [0.25, 0.3) is 0 Å². The van der Waals surface area contributed by atoms with Crippen LogP contribution in [0.2, 0.25) is 0 Å². The summed E-state index contributed by atoms with van der Waals surface area (Å²) in [5.41, 5.74) is 6.73. The van der Waals surface area contributed by atoms with Gasteiger partial charge < -0.3 is 5.73 Å². The lowest BCUT2D eigenvalue weighted by atomic mass is 9.70. The Bertz CT molecular complexity index is 250. The minimum absolute atomic E-state index is 0.221. The molecule has 2 N–H and O–H groups in total. The molecule has 1 aliphatic carbocycles. The predicted molar refractivity (Wildman–Crippen MR) is 72.9 cm³/mol. The van der Waals surface area contributed by atoms with Gasteiger partial charge in [-0.3, -0.25) is 4.90 Å². The fourth-order valence-electron chi connectivity index (χ4n) is 2.98. The van der Waals surface area contributed by atoms with Crippen molar-refractivity contribution in [2.24, 2.45) is 17.1 Å². The topological polar surface area (TPSA) is 29.3 Å². The maximum absolute atomic E-state index is 6.16. The summed E-state index contributed by atoms with van der Waals surface area (Å²) in [5.74, 6) is 3.46. The van der Waals surface area contributed by atoms with Crippen molar-refractivity contribution in [2.45, 2.75) is 38.6 Å². The van der Waals surface area contributed by atoms with Crippen molar-refractivity contribution in [1.29, 1.82) is 0 Å². The molecule has 2 rings (SSSR count). The van der Waals surface area contributed by atoms with Gasteiger partial charge in [0.1, 0.15) is 0 Å². The minimum atomic E-state index is 0.221. The lowest BCUT2D eigenvalue weighted by Gasteiger charge is -2.54. The average molecular weight is 242 g/mol. The molecule has 2 nitrogen and oxygen atoms in total. The summed E-state index contributed by atoms with van der Waals surface area (Å²) in [6.07, 6.45) is 4.15. The summed E-state index contributed by atoms with van der Waals surface area (Å²) < 4.78 is 0. The average Bonchev–Trinajstić information content (AvgIpc) is 3.01. The van der Waals surface area contributed by atoms with Crippen molar-refractivity contribution >= 4 is 11.8 Å². The molecular formula is C13H26N2S. The molecule has 2 fully saturated rings. The maximum Gasteiger partial charge on any atom is 0.0470 e. The Labute approximate surface area is 104 Å². The quantitative estimate of drug-likeness (QED) is 0.819. The number of nitrogens with zero attached hydrogens (tertiary/aromatic N) is 1. The highest BCUT2D eigenvalue weighted by atomic mass is 32.2. The molecular weight excluding hydrogens is 216 g/mol. The van der Waals surface area contributed by atoms with Gasteiger partial charge in [-0.05, 0) is 43.4 Å². The largest absolute Gasteiger partial charge is 0.329 e. The van der Waals surface area contributed by atoms with Gasteiger partial charge in [0.05, 0.1) is 0 Å². The third-order valence-corrected chi connectivity index (χ3v) is 5.94. The molecule has 0 bridgehead atoms. The molecule has 1 unspecified atom stereocenters. The van der Waals surface area contributed by atoms with Crippen molar-refractivity contribution < 1.29 is 0 Å². The first-order valence-electron chi connectivity index (χ1n) is 6.51. The monoisotopic (exact) mass is 242 g/mol. The number of thioether (sulfide) groups is 1. The Morgan fingerprint density at radius 2 is 2.06 bits per heavy atom. The highest BCUT2D eigenvalue weighted by Gasteiger charge is 2.49. The molecule has 0 spiro atoms. The summed E-state index contributed by atoms with van der Waals surface area (Å²) in [4.78, 5) is 2.58. The minimum Gasteiger partial charge on any atom is -0.329 e.